The minimum Gasteiger partial charge on any atom is -0.481 e. The van der Waals surface area contributed by atoms with Gasteiger partial charge in [-0.3, -0.25) is 9.35 Å². The average molecular weight is 531 g/mol. The SMILES string of the molecule is O=C(O)CCCCCN1C(=CC=Cc2nc3c(ccc[n+]3CCCS(=O)(=O)O)o2)Sc2ccccc21. The first-order chi connectivity index (χ1) is 17.3. The smallest absolute Gasteiger partial charge is 0.370 e. The second kappa shape index (κ2) is 11.7. The van der Waals surface area contributed by atoms with Crippen molar-refractivity contribution in [2.75, 3.05) is 17.2 Å². The lowest BCUT2D eigenvalue weighted by Crippen LogP contribution is -2.35. The first-order valence-corrected chi connectivity index (χ1v) is 14.1. The molecule has 0 unspecified atom stereocenters. The number of hydrogen-bond acceptors (Lipinski definition) is 7. The number of aliphatic carboxylic acids is 1. The van der Waals surface area contributed by atoms with Crippen LogP contribution >= 0.6 is 11.8 Å². The molecule has 3 aromatic rings. The Bertz CT molecular complexity index is 1400. The van der Waals surface area contributed by atoms with Gasteiger partial charge in [0.1, 0.15) is 0 Å². The Kier molecular flexibility index (Phi) is 8.44. The first-order valence-electron chi connectivity index (χ1n) is 11.7. The maximum atomic E-state index is 11.0. The van der Waals surface area contributed by atoms with Crippen molar-refractivity contribution in [3.8, 4) is 0 Å². The number of oxazole rings is 1. The molecule has 3 heterocycles. The van der Waals surface area contributed by atoms with Gasteiger partial charge in [-0.05, 0) is 43.2 Å². The van der Waals surface area contributed by atoms with E-state index >= 15 is 0 Å². The Labute approximate surface area is 213 Å². The van der Waals surface area contributed by atoms with Crippen LogP contribution in [0.1, 0.15) is 38.0 Å². The molecule has 2 aromatic heterocycles. The number of aromatic nitrogens is 2. The maximum absolute atomic E-state index is 11.0. The van der Waals surface area contributed by atoms with Crippen LogP contribution in [-0.2, 0) is 21.5 Å². The molecule has 0 fully saturated rings. The van der Waals surface area contributed by atoms with Crippen LogP contribution in [0, 0.1) is 0 Å². The fraction of sp³-hybridized carbons (Fsp3) is 0.320. The van der Waals surface area contributed by atoms with Crippen molar-refractivity contribution in [3.05, 3.63) is 65.7 Å². The number of carboxylic acids is 1. The Morgan fingerprint density at radius 1 is 1.14 bits per heavy atom. The van der Waals surface area contributed by atoms with Gasteiger partial charge in [0.25, 0.3) is 10.1 Å². The summed E-state index contributed by atoms with van der Waals surface area (Å²) < 4.78 is 38.6. The monoisotopic (exact) mass is 530 g/mol. The molecule has 0 saturated carbocycles. The van der Waals surface area contributed by atoms with Gasteiger partial charge < -0.3 is 14.4 Å². The van der Waals surface area contributed by atoms with Crippen molar-refractivity contribution in [3.63, 3.8) is 0 Å². The standard InChI is InChI=1S/C25H27N3O6S2/c29-24(30)14-2-1-5-17-28-19-9-3-4-11-21(19)35-23(28)13-6-12-22-26-25-20(34-22)10-7-15-27(25)16-8-18-36(31,32)33/h3-4,6-7,9-13,15H,1-2,5,8,14,16-18H2,(H-,29,30,31,32,33)/p+1. The lowest BCUT2D eigenvalue weighted by molar-refractivity contribution is -0.673. The van der Waals surface area contributed by atoms with Gasteiger partial charge in [-0.25, -0.2) is 4.57 Å². The molecule has 190 valence electrons. The van der Waals surface area contributed by atoms with Gasteiger partial charge in [-0.15, -0.1) is 0 Å². The highest BCUT2D eigenvalue weighted by molar-refractivity contribution is 8.03. The van der Waals surface area contributed by atoms with E-state index in [9.17, 15) is 13.2 Å². The summed E-state index contributed by atoms with van der Waals surface area (Å²) in [7, 11) is -4.00. The number of carboxylic acid groups (broad SMARTS) is 1. The highest BCUT2D eigenvalue weighted by Crippen LogP contribution is 2.45. The molecule has 4 rings (SSSR count). The van der Waals surface area contributed by atoms with Crippen molar-refractivity contribution >= 4 is 50.8 Å². The quantitative estimate of drug-likeness (QED) is 0.198. The van der Waals surface area contributed by atoms with Crippen molar-refractivity contribution in [1.29, 1.82) is 0 Å². The number of allylic oxidation sites excluding steroid dienone is 2. The molecule has 0 saturated heterocycles. The van der Waals surface area contributed by atoms with Crippen molar-refractivity contribution in [2.24, 2.45) is 0 Å². The summed E-state index contributed by atoms with van der Waals surface area (Å²) in [6.07, 6.45) is 10.4. The van der Waals surface area contributed by atoms with Crippen molar-refractivity contribution in [1.82, 2.24) is 4.98 Å². The van der Waals surface area contributed by atoms with Crippen LogP contribution in [0.25, 0.3) is 17.3 Å². The molecule has 1 aliphatic heterocycles. The fourth-order valence-corrected chi connectivity index (χ4v) is 5.57. The van der Waals surface area contributed by atoms with Crippen molar-refractivity contribution in [2.45, 2.75) is 43.5 Å². The second-order valence-electron chi connectivity index (χ2n) is 8.37. The Balaban J connectivity index is 1.45. The summed E-state index contributed by atoms with van der Waals surface area (Å²) in [5.41, 5.74) is 2.33. The number of hydrogen-bond donors (Lipinski definition) is 2. The Morgan fingerprint density at radius 2 is 1.97 bits per heavy atom. The van der Waals surface area contributed by atoms with Gasteiger partial charge in [-0.1, -0.05) is 36.4 Å². The number of carbonyl (C=O) groups is 1. The molecule has 36 heavy (non-hydrogen) atoms. The highest BCUT2D eigenvalue weighted by atomic mass is 32.2. The van der Waals surface area contributed by atoms with E-state index in [1.165, 1.54) is 4.90 Å². The van der Waals surface area contributed by atoms with Crippen LogP contribution in [0.2, 0.25) is 0 Å². The number of anilines is 1. The number of rotatable bonds is 12. The lowest BCUT2D eigenvalue weighted by Gasteiger charge is -2.20. The molecule has 0 bridgehead atoms. The molecule has 0 radical (unpaired) electrons. The zero-order valence-corrected chi connectivity index (χ0v) is 21.2. The van der Waals surface area contributed by atoms with Gasteiger partial charge in [0.2, 0.25) is 5.58 Å². The van der Waals surface area contributed by atoms with E-state index in [1.54, 1.807) is 40.7 Å². The Hall–Kier alpha value is -3.15. The third-order valence-electron chi connectivity index (χ3n) is 5.62. The molecule has 2 N–H and O–H groups in total. The van der Waals surface area contributed by atoms with Gasteiger partial charge in [0, 0.05) is 35.3 Å². The normalized spacial score (nSPS) is 14.8. The number of thioether (sulfide) groups is 1. The van der Waals surface area contributed by atoms with Crippen LogP contribution in [0.15, 0.2) is 69.1 Å². The van der Waals surface area contributed by atoms with Crippen LogP contribution in [-0.4, -0.2) is 41.3 Å². The number of unbranched alkanes of at least 4 members (excludes halogenated alkanes) is 2. The van der Waals surface area contributed by atoms with Crippen molar-refractivity contribution < 1.29 is 31.9 Å². The summed E-state index contributed by atoms with van der Waals surface area (Å²) in [5, 5.41) is 9.91. The Morgan fingerprint density at radius 3 is 2.78 bits per heavy atom. The second-order valence-corrected chi connectivity index (χ2v) is 11.0. The van der Waals surface area contributed by atoms with E-state index in [1.807, 2.05) is 24.3 Å². The minimum atomic E-state index is -4.00. The van der Waals surface area contributed by atoms with Gasteiger partial charge >= 0.3 is 17.5 Å². The zero-order chi connectivity index (χ0) is 25.5. The van der Waals surface area contributed by atoms with E-state index in [2.05, 4.69) is 22.0 Å². The summed E-state index contributed by atoms with van der Waals surface area (Å²) in [6, 6.07) is 11.8. The number of nitrogens with zero attached hydrogens (tertiary/aromatic N) is 3. The molecule has 1 aromatic carbocycles. The molecule has 0 spiro atoms. The molecular weight excluding hydrogens is 502 g/mol. The number of benzene rings is 1. The fourth-order valence-electron chi connectivity index (χ4n) is 3.97. The lowest BCUT2D eigenvalue weighted by atomic mass is 10.2. The van der Waals surface area contributed by atoms with E-state index in [0.29, 0.717) is 30.1 Å². The summed E-state index contributed by atoms with van der Waals surface area (Å²) in [5.74, 6) is -0.645. The highest BCUT2D eigenvalue weighted by Gasteiger charge is 2.24. The average Bonchev–Trinajstić information content (AvgIpc) is 3.39. The van der Waals surface area contributed by atoms with Gasteiger partial charge in [0.05, 0.1) is 29.2 Å². The molecular formula is C25H28N3O6S2+. The zero-order valence-electron chi connectivity index (χ0n) is 19.6. The van der Waals surface area contributed by atoms with E-state index in [0.717, 1.165) is 30.1 Å². The van der Waals surface area contributed by atoms with Crippen LogP contribution in [0.5, 0.6) is 0 Å². The number of pyridine rings is 1. The minimum absolute atomic E-state index is 0.196. The predicted octanol–water partition coefficient (Wildman–Crippen LogP) is 4.51. The third kappa shape index (κ3) is 6.96. The first kappa shape index (κ1) is 25.9. The summed E-state index contributed by atoms with van der Waals surface area (Å²) >= 11 is 1.68. The van der Waals surface area contributed by atoms with Crippen LogP contribution < -0.4 is 9.47 Å². The maximum Gasteiger partial charge on any atom is 0.370 e. The van der Waals surface area contributed by atoms with Crippen LogP contribution in [0.3, 0.4) is 0 Å². The topological polar surface area (TPSA) is 125 Å². The van der Waals surface area contributed by atoms with Gasteiger partial charge in [-0.2, -0.15) is 8.42 Å². The number of para-hydroxylation sites is 1. The molecule has 0 amide bonds. The molecule has 11 heteroatoms. The summed E-state index contributed by atoms with van der Waals surface area (Å²) in [6.45, 7) is 1.18. The summed E-state index contributed by atoms with van der Waals surface area (Å²) in [4.78, 5) is 18.7. The van der Waals surface area contributed by atoms with E-state index < -0.39 is 16.1 Å². The predicted molar refractivity (Wildman–Crippen MR) is 138 cm³/mol. The molecule has 1 aliphatic rings. The van der Waals surface area contributed by atoms with E-state index in [4.69, 9.17) is 14.1 Å². The molecule has 0 aliphatic carbocycles. The molecule has 0 atom stereocenters. The van der Waals surface area contributed by atoms with Gasteiger partial charge in [0.15, 0.2) is 0 Å². The van der Waals surface area contributed by atoms with E-state index in [-0.39, 0.29) is 18.6 Å². The number of aryl methyl sites for hydroxylation is 1. The van der Waals surface area contributed by atoms with Crippen LogP contribution in [0.4, 0.5) is 5.69 Å². The number of fused-ring (bicyclic) bond motifs is 2. The molecule has 9 nitrogen and oxygen atoms in total. The third-order valence-corrected chi connectivity index (χ3v) is 7.56. The largest absolute Gasteiger partial charge is 0.481 e.